The van der Waals surface area contributed by atoms with Crippen LogP contribution < -0.4 is 0 Å². The number of ketones is 1. The molecular weight excluding hydrogens is 198 g/mol. The van der Waals surface area contributed by atoms with E-state index in [2.05, 4.69) is 11.6 Å². The van der Waals surface area contributed by atoms with Crippen molar-refractivity contribution in [3.63, 3.8) is 0 Å². The Bertz CT molecular complexity index is 399. The van der Waals surface area contributed by atoms with Crippen LogP contribution in [0.4, 0.5) is 0 Å². The first-order valence-corrected chi connectivity index (χ1v) is 5.63. The zero-order valence-corrected chi connectivity index (χ0v) is 10.0. The number of aromatic amines is 1. The summed E-state index contributed by atoms with van der Waals surface area (Å²) in [6.07, 6.45) is 10.4. The topological polar surface area (TPSA) is 32.9 Å². The lowest BCUT2D eigenvalue weighted by Gasteiger charge is -1.99. The van der Waals surface area contributed by atoms with Gasteiger partial charge in [0, 0.05) is 23.9 Å². The van der Waals surface area contributed by atoms with Gasteiger partial charge in [-0.3, -0.25) is 0 Å². The van der Waals surface area contributed by atoms with Crippen LogP contribution in [0.1, 0.15) is 43.5 Å². The van der Waals surface area contributed by atoms with Gasteiger partial charge in [-0.1, -0.05) is 18.7 Å². The van der Waals surface area contributed by atoms with Crippen LogP contribution in [-0.4, -0.2) is 10.8 Å². The van der Waals surface area contributed by atoms with Gasteiger partial charge >= 0.3 is 0 Å². The lowest BCUT2D eigenvalue weighted by molar-refractivity contribution is -0.117. The normalized spacial score (nSPS) is 10.9. The summed E-state index contributed by atoms with van der Waals surface area (Å²) >= 11 is 0. The zero-order valence-electron chi connectivity index (χ0n) is 10.0. The number of aromatic nitrogens is 1. The van der Waals surface area contributed by atoms with Crippen molar-refractivity contribution >= 4 is 17.9 Å². The predicted octanol–water partition coefficient (Wildman–Crippen LogP) is 3.60. The quantitative estimate of drug-likeness (QED) is 0.775. The lowest BCUT2D eigenvalue weighted by atomic mass is 10.0. The Kier molecular flexibility index (Phi) is 4.77. The fourth-order valence-electron chi connectivity index (χ4n) is 1.77. The largest absolute Gasteiger partial charge is 0.361 e. The minimum atomic E-state index is 0.254. The first-order valence-electron chi connectivity index (χ1n) is 5.63. The standard InChI is InChI=1S/C14H19NO/c1-4-7-14-13(5-2)12(10-15-14)9-6-8-11(3)16/h4-5,7,10,15H,2,6,8-9H2,1,3H3/b7-4-. The van der Waals surface area contributed by atoms with Crippen molar-refractivity contribution < 1.29 is 4.79 Å². The van der Waals surface area contributed by atoms with Crippen LogP contribution in [0.25, 0.3) is 12.2 Å². The molecule has 0 unspecified atom stereocenters. The molecule has 2 heteroatoms. The Balaban J connectivity index is 2.72. The first kappa shape index (κ1) is 12.5. The molecule has 0 aromatic carbocycles. The van der Waals surface area contributed by atoms with Gasteiger partial charge in [0.05, 0.1) is 0 Å². The number of Topliss-reactive ketones (excluding diaryl/α,β-unsaturated/α-hetero) is 1. The van der Waals surface area contributed by atoms with Gasteiger partial charge in [0.1, 0.15) is 5.78 Å². The highest BCUT2D eigenvalue weighted by Gasteiger charge is 2.06. The second-order valence-electron chi connectivity index (χ2n) is 3.90. The number of carbonyl (C=O) groups excluding carboxylic acids is 1. The molecule has 0 saturated heterocycles. The molecule has 16 heavy (non-hydrogen) atoms. The van der Waals surface area contributed by atoms with Gasteiger partial charge in [-0.25, -0.2) is 0 Å². The van der Waals surface area contributed by atoms with Crippen molar-refractivity contribution in [3.05, 3.63) is 35.7 Å². The maximum Gasteiger partial charge on any atom is 0.129 e. The maximum absolute atomic E-state index is 10.9. The molecule has 1 rings (SSSR count). The molecule has 1 N–H and O–H groups in total. The van der Waals surface area contributed by atoms with Gasteiger partial charge in [0.2, 0.25) is 0 Å². The molecule has 0 saturated carbocycles. The van der Waals surface area contributed by atoms with Crippen molar-refractivity contribution in [1.29, 1.82) is 0 Å². The fourth-order valence-corrected chi connectivity index (χ4v) is 1.77. The van der Waals surface area contributed by atoms with E-state index in [9.17, 15) is 4.79 Å². The molecule has 0 spiro atoms. The second-order valence-corrected chi connectivity index (χ2v) is 3.90. The molecular formula is C14H19NO. The number of hydrogen-bond acceptors (Lipinski definition) is 1. The number of nitrogens with one attached hydrogen (secondary N) is 1. The Morgan fingerprint density at radius 1 is 1.56 bits per heavy atom. The van der Waals surface area contributed by atoms with Gasteiger partial charge < -0.3 is 9.78 Å². The molecule has 0 aliphatic rings. The minimum absolute atomic E-state index is 0.254. The second kappa shape index (κ2) is 6.11. The van der Waals surface area contributed by atoms with E-state index < -0.39 is 0 Å². The van der Waals surface area contributed by atoms with Crippen LogP contribution in [0.15, 0.2) is 18.9 Å². The average Bonchev–Trinajstić information content (AvgIpc) is 2.61. The molecule has 0 aliphatic heterocycles. The molecule has 0 aliphatic carbocycles. The summed E-state index contributed by atoms with van der Waals surface area (Å²) in [6.45, 7) is 7.45. The predicted molar refractivity (Wildman–Crippen MR) is 69.2 cm³/mol. The average molecular weight is 217 g/mol. The summed E-state index contributed by atoms with van der Waals surface area (Å²) in [7, 11) is 0. The number of hydrogen-bond donors (Lipinski definition) is 1. The molecule has 0 radical (unpaired) electrons. The highest BCUT2D eigenvalue weighted by molar-refractivity contribution is 5.75. The van der Waals surface area contributed by atoms with Gasteiger partial charge in [-0.2, -0.15) is 0 Å². The van der Waals surface area contributed by atoms with E-state index in [0.29, 0.717) is 6.42 Å². The van der Waals surface area contributed by atoms with Crippen molar-refractivity contribution in [2.45, 2.75) is 33.1 Å². The van der Waals surface area contributed by atoms with Gasteiger partial charge in [0.15, 0.2) is 0 Å². The van der Waals surface area contributed by atoms with Crippen molar-refractivity contribution in [1.82, 2.24) is 4.98 Å². The molecule has 0 fully saturated rings. The molecule has 0 amide bonds. The third kappa shape index (κ3) is 3.23. The number of allylic oxidation sites excluding steroid dienone is 1. The molecule has 0 bridgehead atoms. The van der Waals surface area contributed by atoms with E-state index >= 15 is 0 Å². The smallest absolute Gasteiger partial charge is 0.129 e. The van der Waals surface area contributed by atoms with Crippen LogP contribution in [0, 0.1) is 0 Å². The fraction of sp³-hybridized carbons (Fsp3) is 0.357. The van der Waals surface area contributed by atoms with Gasteiger partial charge in [-0.15, -0.1) is 0 Å². The van der Waals surface area contributed by atoms with Crippen LogP contribution in [-0.2, 0) is 11.2 Å². The Hall–Kier alpha value is -1.57. The minimum Gasteiger partial charge on any atom is -0.361 e. The number of aryl methyl sites for hydroxylation is 1. The maximum atomic E-state index is 10.9. The van der Waals surface area contributed by atoms with E-state index in [1.807, 2.05) is 31.3 Å². The Morgan fingerprint density at radius 3 is 2.88 bits per heavy atom. The summed E-state index contributed by atoms with van der Waals surface area (Å²) in [4.78, 5) is 14.1. The summed E-state index contributed by atoms with van der Waals surface area (Å²) < 4.78 is 0. The van der Waals surface area contributed by atoms with E-state index in [-0.39, 0.29) is 5.78 Å². The van der Waals surface area contributed by atoms with Crippen LogP contribution >= 0.6 is 0 Å². The monoisotopic (exact) mass is 217 g/mol. The third-order valence-corrected chi connectivity index (χ3v) is 2.55. The number of H-pyrrole nitrogens is 1. The van der Waals surface area contributed by atoms with E-state index in [4.69, 9.17) is 0 Å². The first-order chi connectivity index (χ1) is 7.69. The molecule has 86 valence electrons. The lowest BCUT2D eigenvalue weighted by Crippen LogP contribution is -1.92. The Labute approximate surface area is 97.1 Å². The van der Waals surface area contributed by atoms with E-state index in [0.717, 1.165) is 24.1 Å². The SMILES string of the molecule is C=Cc1c(CCCC(C)=O)c[nH]c1/C=C\C. The third-order valence-electron chi connectivity index (χ3n) is 2.55. The number of carbonyl (C=O) groups is 1. The summed E-state index contributed by atoms with van der Waals surface area (Å²) in [5.74, 6) is 0.254. The van der Waals surface area contributed by atoms with Gasteiger partial charge in [-0.05, 0) is 38.3 Å². The summed E-state index contributed by atoms with van der Waals surface area (Å²) in [5, 5.41) is 0. The molecule has 2 nitrogen and oxygen atoms in total. The van der Waals surface area contributed by atoms with Gasteiger partial charge in [0.25, 0.3) is 0 Å². The van der Waals surface area contributed by atoms with E-state index in [1.54, 1.807) is 6.92 Å². The number of rotatable bonds is 6. The van der Waals surface area contributed by atoms with Crippen molar-refractivity contribution in [3.8, 4) is 0 Å². The Morgan fingerprint density at radius 2 is 2.31 bits per heavy atom. The molecule has 1 aromatic heterocycles. The molecule has 0 atom stereocenters. The summed E-state index contributed by atoms with van der Waals surface area (Å²) in [5.41, 5.74) is 3.49. The van der Waals surface area contributed by atoms with Crippen molar-refractivity contribution in [2.24, 2.45) is 0 Å². The van der Waals surface area contributed by atoms with Crippen molar-refractivity contribution in [2.75, 3.05) is 0 Å². The zero-order chi connectivity index (χ0) is 12.0. The van der Waals surface area contributed by atoms with E-state index in [1.165, 1.54) is 5.56 Å². The summed E-state index contributed by atoms with van der Waals surface area (Å²) in [6, 6.07) is 0. The molecule has 1 aromatic rings. The molecule has 1 heterocycles. The van der Waals surface area contributed by atoms with Crippen LogP contribution in [0.5, 0.6) is 0 Å². The van der Waals surface area contributed by atoms with Crippen LogP contribution in [0.2, 0.25) is 0 Å². The highest BCUT2D eigenvalue weighted by atomic mass is 16.1. The highest BCUT2D eigenvalue weighted by Crippen LogP contribution is 2.19. The van der Waals surface area contributed by atoms with Crippen LogP contribution in [0.3, 0.4) is 0 Å².